The Hall–Kier alpha value is 0.159. The molecule has 7 heteroatoms. The smallest absolute Gasteiger partial charge is 0.549 e. The van der Waals surface area contributed by atoms with E-state index in [1.165, 1.54) is 103 Å². The Morgan fingerprint density at radius 1 is 0.486 bits per heavy atom. The molecule has 0 spiro atoms. The molecule has 0 aliphatic heterocycles. The summed E-state index contributed by atoms with van der Waals surface area (Å²) in [4.78, 5) is 20.8. The predicted octanol–water partition coefficient (Wildman–Crippen LogP) is 6.69. The number of carboxylic acids is 2. The van der Waals surface area contributed by atoms with Crippen molar-refractivity contribution in [2.45, 2.75) is 166 Å². The van der Waals surface area contributed by atoms with Crippen LogP contribution in [0.4, 0.5) is 0 Å². The summed E-state index contributed by atoms with van der Waals surface area (Å²) in [6.07, 6.45) is 26.7. The molecule has 0 aromatic carbocycles. The molecule has 2 atom stereocenters. The Labute approximate surface area is 238 Å². The minimum Gasteiger partial charge on any atom is -0.549 e. The van der Waals surface area contributed by atoms with E-state index in [4.69, 9.17) is 0 Å². The van der Waals surface area contributed by atoms with Crippen molar-refractivity contribution in [1.29, 1.82) is 0 Å². The van der Waals surface area contributed by atoms with E-state index in [1.54, 1.807) is 0 Å². The largest absolute Gasteiger partial charge is 2.00 e. The number of hydrogen-bond donors (Lipinski definition) is 2. The van der Waals surface area contributed by atoms with Crippen LogP contribution in [0.15, 0.2) is 0 Å². The second kappa shape index (κ2) is 32.2. The molecule has 35 heavy (non-hydrogen) atoms. The van der Waals surface area contributed by atoms with Crippen LogP contribution in [0.3, 0.4) is 0 Å². The van der Waals surface area contributed by atoms with Crippen molar-refractivity contribution in [3.05, 3.63) is 0 Å². The van der Waals surface area contributed by atoms with E-state index in [2.05, 4.69) is 39.1 Å². The first-order valence-electron chi connectivity index (χ1n) is 14.1. The van der Waals surface area contributed by atoms with Crippen molar-refractivity contribution in [3.8, 4) is 0 Å². The van der Waals surface area contributed by atoms with Crippen LogP contribution in [0.2, 0.25) is 0 Å². The van der Waals surface area contributed by atoms with Crippen LogP contribution in [-0.2, 0) is 26.7 Å². The number of carbonyl (C=O) groups excluding carboxylic acids is 2. The van der Waals surface area contributed by atoms with Gasteiger partial charge in [-0.1, -0.05) is 142 Å². The number of carboxylic acid groups (broad SMARTS) is 2. The summed E-state index contributed by atoms with van der Waals surface area (Å²) in [5.41, 5.74) is 0. The van der Waals surface area contributed by atoms with E-state index in [0.717, 1.165) is 25.7 Å². The monoisotopic (exact) mass is 581 g/mol. The molecule has 0 fully saturated rings. The third kappa shape index (κ3) is 34.2. The van der Waals surface area contributed by atoms with Gasteiger partial charge in [0.1, 0.15) is 0 Å². The molecule has 0 saturated heterocycles. The first kappa shape index (κ1) is 39.7. The second-order valence-corrected chi connectivity index (χ2v) is 10.9. The maximum Gasteiger partial charge on any atom is 2.00 e. The van der Waals surface area contributed by atoms with Crippen LogP contribution < -0.4 is 10.2 Å². The van der Waals surface area contributed by atoms with Crippen molar-refractivity contribution < 1.29 is 36.9 Å². The standard InChI is InChI=1S/2C14H28O2S.Cu/c2*1-2-3-4-5-6-7-8-9-10-11-12-13(17)14(15)16;/h2*13,17H,2-12H2,1H3,(H,15,16);/q;;+2/p-2. The zero-order valence-electron chi connectivity index (χ0n) is 22.5. The molecule has 0 amide bonds. The third-order valence-corrected chi connectivity index (χ3v) is 7.14. The van der Waals surface area contributed by atoms with Crippen LogP contribution in [0.1, 0.15) is 155 Å². The molecule has 213 valence electrons. The van der Waals surface area contributed by atoms with Gasteiger partial charge in [-0.3, -0.25) is 0 Å². The first-order valence-corrected chi connectivity index (χ1v) is 15.2. The average molecular weight is 582 g/mol. The summed E-state index contributed by atoms with van der Waals surface area (Å²) in [5.74, 6) is -2.08. The first-order chi connectivity index (χ1) is 16.4. The Bertz CT molecular complexity index is 413. The molecule has 2 unspecified atom stereocenters. The van der Waals surface area contributed by atoms with Crippen LogP contribution in [0.5, 0.6) is 0 Å². The topological polar surface area (TPSA) is 80.3 Å². The Kier molecular flexibility index (Phi) is 36.5. The van der Waals surface area contributed by atoms with Gasteiger partial charge >= 0.3 is 17.1 Å². The van der Waals surface area contributed by atoms with Gasteiger partial charge in [0.25, 0.3) is 0 Å². The fourth-order valence-corrected chi connectivity index (χ4v) is 4.25. The quantitative estimate of drug-likeness (QED) is 0.0756. The molecule has 0 aliphatic carbocycles. The van der Waals surface area contributed by atoms with Crippen LogP contribution in [0.25, 0.3) is 0 Å². The summed E-state index contributed by atoms with van der Waals surface area (Å²) < 4.78 is 0. The fraction of sp³-hybridized carbons (Fsp3) is 0.929. The van der Waals surface area contributed by atoms with Crippen LogP contribution in [0, 0.1) is 0 Å². The molecule has 0 aromatic rings. The maximum atomic E-state index is 10.4. The van der Waals surface area contributed by atoms with Gasteiger partial charge in [0.05, 0.1) is 11.9 Å². The van der Waals surface area contributed by atoms with E-state index in [-0.39, 0.29) is 17.1 Å². The molecule has 1 radical (unpaired) electrons. The third-order valence-electron chi connectivity index (χ3n) is 6.21. The number of thiol groups is 2. The molecular weight excluding hydrogens is 528 g/mol. The molecule has 4 nitrogen and oxygen atoms in total. The van der Waals surface area contributed by atoms with Gasteiger partial charge < -0.3 is 19.8 Å². The van der Waals surface area contributed by atoms with Crippen molar-refractivity contribution in [3.63, 3.8) is 0 Å². The molecule has 0 N–H and O–H groups in total. The zero-order chi connectivity index (χ0) is 25.9. The van der Waals surface area contributed by atoms with E-state index in [1.807, 2.05) is 0 Å². The van der Waals surface area contributed by atoms with E-state index in [0.29, 0.717) is 12.8 Å². The summed E-state index contributed by atoms with van der Waals surface area (Å²) in [6.45, 7) is 4.47. The zero-order valence-corrected chi connectivity index (χ0v) is 25.3. The average Bonchev–Trinajstić information content (AvgIpc) is 2.81. The molecule has 0 aromatic heterocycles. The van der Waals surface area contributed by atoms with Crippen molar-refractivity contribution in [2.24, 2.45) is 0 Å². The van der Waals surface area contributed by atoms with E-state index >= 15 is 0 Å². The Balaban J connectivity index is -0.000000569. The second-order valence-electron chi connectivity index (χ2n) is 9.61. The van der Waals surface area contributed by atoms with E-state index in [9.17, 15) is 19.8 Å². The van der Waals surface area contributed by atoms with Gasteiger partial charge in [0, 0.05) is 10.5 Å². The van der Waals surface area contributed by atoms with Gasteiger partial charge in [0.2, 0.25) is 0 Å². The summed E-state index contributed by atoms with van der Waals surface area (Å²) in [6, 6.07) is 0. The molecule has 0 aliphatic rings. The fourth-order valence-electron chi connectivity index (χ4n) is 3.89. The van der Waals surface area contributed by atoms with Gasteiger partial charge in [-0.25, -0.2) is 0 Å². The van der Waals surface area contributed by atoms with Crippen LogP contribution >= 0.6 is 25.3 Å². The summed E-state index contributed by atoms with van der Waals surface area (Å²) >= 11 is 7.91. The Morgan fingerprint density at radius 2 is 0.686 bits per heavy atom. The van der Waals surface area contributed by atoms with Crippen molar-refractivity contribution in [2.75, 3.05) is 0 Å². The molecule has 0 bridgehead atoms. The number of carbonyl (C=O) groups is 2. The Morgan fingerprint density at radius 3 is 0.886 bits per heavy atom. The SMILES string of the molecule is CCCCCCCCCCCCC(S)C(=O)[O-].CCCCCCCCCCCCC(S)C(=O)[O-].[Cu+2]. The number of rotatable bonds is 24. The van der Waals surface area contributed by atoms with Gasteiger partial charge in [-0.2, -0.15) is 25.3 Å². The van der Waals surface area contributed by atoms with Gasteiger partial charge in [0.15, 0.2) is 0 Å². The van der Waals surface area contributed by atoms with Crippen molar-refractivity contribution >= 4 is 37.2 Å². The van der Waals surface area contributed by atoms with Crippen molar-refractivity contribution in [1.82, 2.24) is 0 Å². The molecule has 0 saturated carbocycles. The van der Waals surface area contributed by atoms with Crippen LogP contribution in [-0.4, -0.2) is 22.4 Å². The number of hydrogen-bond acceptors (Lipinski definition) is 6. The summed E-state index contributed by atoms with van der Waals surface area (Å²) in [5, 5.41) is 19.6. The molecule has 0 rings (SSSR count). The molecule has 0 heterocycles. The van der Waals surface area contributed by atoms with Gasteiger partial charge in [-0.05, 0) is 12.8 Å². The summed E-state index contributed by atoms with van der Waals surface area (Å²) in [7, 11) is 0. The minimum atomic E-state index is -1.04. The normalized spacial score (nSPS) is 12.2. The number of aliphatic carboxylic acids is 2. The predicted molar refractivity (Wildman–Crippen MR) is 148 cm³/mol. The number of unbranched alkanes of at least 4 members (excludes halogenated alkanes) is 18. The van der Waals surface area contributed by atoms with E-state index < -0.39 is 22.4 Å². The maximum absolute atomic E-state index is 10.4. The molecular formula is C28H54CuO4S2. The van der Waals surface area contributed by atoms with Gasteiger partial charge in [-0.15, -0.1) is 0 Å². The minimum absolute atomic E-state index is 0.